The number of aromatic nitrogens is 6. The zero-order chi connectivity index (χ0) is 23.9. The second kappa shape index (κ2) is 9.13. The van der Waals surface area contributed by atoms with Gasteiger partial charge in [0.25, 0.3) is 0 Å². The Morgan fingerprint density at radius 2 is 1.83 bits per heavy atom. The minimum Gasteiger partial charge on any atom is -0.353 e. The average molecular weight is 531 g/mol. The lowest BCUT2D eigenvalue weighted by Crippen LogP contribution is -2.68. The number of nitrogens with zero attached hydrogens (tertiary/aromatic N) is 7. The maximum atomic E-state index is 4.79. The summed E-state index contributed by atoms with van der Waals surface area (Å²) in [5.41, 5.74) is 6.13. The first kappa shape index (κ1) is 22.3. The van der Waals surface area contributed by atoms with Crippen LogP contribution in [0.25, 0.3) is 11.4 Å². The SMILES string of the molecule is Cc1cc(Cc2cc(C)[nH]n2)nc(-c2ccc(N3CC4CC(C3)N4Cc3ccc(Br)nc3)nc2)n1. The Labute approximate surface area is 213 Å². The number of piperazine rings is 1. The van der Waals surface area contributed by atoms with E-state index in [1.807, 2.05) is 44.4 Å². The van der Waals surface area contributed by atoms with Crippen molar-refractivity contribution in [2.24, 2.45) is 0 Å². The number of pyridine rings is 2. The van der Waals surface area contributed by atoms with Gasteiger partial charge in [0.1, 0.15) is 10.4 Å². The van der Waals surface area contributed by atoms with Crippen molar-refractivity contribution in [2.75, 3.05) is 18.0 Å². The van der Waals surface area contributed by atoms with Crippen LogP contribution in [-0.4, -0.2) is 60.2 Å². The van der Waals surface area contributed by atoms with Gasteiger partial charge in [0, 0.05) is 67.5 Å². The van der Waals surface area contributed by atoms with Crippen molar-refractivity contribution >= 4 is 21.7 Å². The summed E-state index contributed by atoms with van der Waals surface area (Å²) in [5.74, 6) is 1.73. The number of fused-ring (bicyclic) bond motifs is 2. The van der Waals surface area contributed by atoms with Crippen molar-refractivity contribution in [2.45, 2.75) is 45.3 Å². The summed E-state index contributed by atoms with van der Waals surface area (Å²) >= 11 is 3.42. The molecule has 3 saturated heterocycles. The molecule has 0 amide bonds. The van der Waals surface area contributed by atoms with Crippen LogP contribution in [0.3, 0.4) is 0 Å². The van der Waals surface area contributed by atoms with Gasteiger partial charge in [0.2, 0.25) is 0 Å². The number of rotatable bonds is 6. The standard InChI is InChI=1S/C26H27BrN8/c1-16-7-20(9-21-8-17(2)32-33-21)31-26(30-16)19-4-6-25(29-12-19)34-14-22-10-23(15-34)35(22)13-18-3-5-24(27)28-11-18/h3-8,11-12,22-23H,9-10,13-15H2,1-2H3,(H,32,33). The van der Waals surface area contributed by atoms with Gasteiger partial charge in [-0.15, -0.1) is 0 Å². The Hall–Kier alpha value is -3.17. The Kier molecular flexibility index (Phi) is 5.82. The lowest BCUT2D eigenvalue weighted by Gasteiger charge is -2.56. The largest absolute Gasteiger partial charge is 0.353 e. The molecular formula is C26H27BrN8. The van der Waals surface area contributed by atoms with Gasteiger partial charge in [0.05, 0.1) is 11.4 Å². The third kappa shape index (κ3) is 4.70. The molecule has 2 atom stereocenters. The van der Waals surface area contributed by atoms with E-state index in [0.717, 1.165) is 58.4 Å². The Morgan fingerprint density at radius 1 is 0.971 bits per heavy atom. The molecule has 3 aliphatic rings. The van der Waals surface area contributed by atoms with E-state index >= 15 is 0 Å². The number of aromatic amines is 1. The number of H-pyrrole nitrogens is 1. The summed E-state index contributed by atoms with van der Waals surface area (Å²) in [5, 5.41) is 7.33. The summed E-state index contributed by atoms with van der Waals surface area (Å²) in [6.45, 7) is 6.97. The van der Waals surface area contributed by atoms with Crippen molar-refractivity contribution in [1.82, 2.24) is 35.0 Å². The fourth-order valence-corrected chi connectivity index (χ4v) is 5.39. The summed E-state index contributed by atoms with van der Waals surface area (Å²) in [4.78, 5) is 23.6. The lowest BCUT2D eigenvalue weighted by molar-refractivity contribution is -0.00875. The topological polar surface area (TPSA) is 86.7 Å². The highest BCUT2D eigenvalue weighted by Crippen LogP contribution is 2.35. The zero-order valence-corrected chi connectivity index (χ0v) is 21.4. The van der Waals surface area contributed by atoms with Crippen LogP contribution in [0.1, 0.15) is 34.8 Å². The molecule has 0 spiro atoms. The van der Waals surface area contributed by atoms with E-state index in [9.17, 15) is 0 Å². The molecule has 3 aliphatic heterocycles. The summed E-state index contributed by atoms with van der Waals surface area (Å²) < 4.78 is 0.880. The first-order chi connectivity index (χ1) is 17.0. The van der Waals surface area contributed by atoms with Crippen molar-refractivity contribution < 1.29 is 0 Å². The molecule has 7 heterocycles. The van der Waals surface area contributed by atoms with Crippen LogP contribution >= 0.6 is 15.9 Å². The first-order valence-corrected chi connectivity index (χ1v) is 12.7. The molecule has 3 fully saturated rings. The Balaban J connectivity index is 1.13. The summed E-state index contributed by atoms with van der Waals surface area (Å²) in [6, 6.07) is 13.6. The predicted octanol–water partition coefficient (Wildman–Crippen LogP) is 4.09. The predicted molar refractivity (Wildman–Crippen MR) is 138 cm³/mol. The summed E-state index contributed by atoms with van der Waals surface area (Å²) in [7, 11) is 0. The molecule has 0 aromatic carbocycles. The smallest absolute Gasteiger partial charge is 0.161 e. The maximum Gasteiger partial charge on any atom is 0.161 e. The third-order valence-corrected chi connectivity index (χ3v) is 7.33. The van der Waals surface area contributed by atoms with Crippen LogP contribution in [0.15, 0.2) is 53.4 Å². The Morgan fingerprint density at radius 3 is 2.51 bits per heavy atom. The number of anilines is 1. The molecule has 8 nitrogen and oxygen atoms in total. The van der Waals surface area contributed by atoms with E-state index in [4.69, 9.17) is 9.97 Å². The van der Waals surface area contributed by atoms with Crippen LogP contribution < -0.4 is 4.90 Å². The zero-order valence-electron chi connectivity index (χ0n) is 19.8. The van der Waals surface area contributed by atoms with Crippen molar-refractivity contribution in [3.05, 3.63) is 81.7 Å². The van der Waals surface area contributed by atoms with E-state index in [2.05, 4.69) is 64.1 Å². The van der Waals surface area contributed by atoms with E-state index in [1.54, 1.807) is 0 Å². The van der Waals surface area contributed by atoms with Crippen molar-refractivity contribution in [1.29, 1.82) is 0 Å². The molecule has 178 valence electrons. The van der Waals surface area contributed by atoms with E-state index in [0.29, 0.717) is 24.3 Å². The monoisotopic (exact) mass is 530 g/mol. The molecular weight excluding hydrogens is 504 g/mol. The molecule has 2 bridgehead atoms. The van der Waals surface area contributed by atoms with Crippen molar-refractivity contribution in [3.8, 4) is 11.4 Å². The molecule has 2 unspecified atom stereocenters. The first-order valence-electron chi connectivity index (χ1n) is 11.9. The molecule has 1 N–H and O–H groups in total. The van der Waals surface area contributed by atoms with E-state index in [1.165, 1.54) is 12.0 Å². The highest BCUT2D eigenvalue weighted by atomic mass is 79.9. The highest BCUT2D eigenvalue weighted by molar-refractivity contribution is 9.10. The van der Waals surface area contributed by atoms with Gasteiger partial charge in [-0.2, -0.15) is 5.10 Å². The maximum absolute atomic E-state index is 4.79. The van der Waals surface area contributed by atoms with Crippen molar-refractivity contribution in [3.63, 3.8) is 0 Å². The van der Waals surface area contributed by atoms with E-state index < -0.39 is 0 Å². The van der Waals surface area contributed by atoms with Crippen LogP contribution in [0.4, 0.5) is 5.82 Å². The lowest BCUT2D eigenvalue weighted by atomic mass is 9.87. The minimum atomic E-state index is 0.562. The van der Waals surface area contributed by atoms with Crippen LogP contribution in [0, 0.1) is 13.8 Å². The molecule has 0 saturated carbocycles. The number of nitrogens with one attached hydrogen (secondary N) is 1. The number of aryl methyl sites for hydroxylation is 2. The van der Waals surface area contributed by atoms with Crippen LogP contribution in [0.5, 0.6) is 0 Å². The average Bonchev–Trinajstić information content (AvgIpc) is 3.27. The molecule has 9 heteroatoms. The van der Waals surface area contributed by atoms with Gasteiger partial charge in [-0.25, -0.2) is 19.9 Å². The molecule has 7 rings (SSSR count). The van der Waals surface area contributed by atoms with Crippen LogP contribution in [0.2, 0.25) is 0 Å². The number of halogens is 1. The highest BCUT2D eigenvalue weighted by Gasteiger charge is 2.44. The molecule has 0 aliphatic carbocycles. The van der Waals surface area contributed by atoms with Crippen LogP contribution in [-0.2, 0) is 13.0 Å². The minimum absolute atomic E-state index is 0.562. The molecule has 4 aromatic rings. The van der Waals surface area contributed by atoms with E-state index in [-0.39, 0.29) is 0 Å². The van der Waals surface area contributed by atoms with Gasteiger partial charge >= 0.3 is 0 Å². The normalized spacial score (nSPS) is 19.6. The van der Waals surface area contributed by atoms with Gasteiger partial charge in [-0.1, -0.05) is 6.07 Å². The van der Waals surface area contributed by atoms with Gasteiger partial charge in [-0.05, 0) is 72.1 Å². The van der Waals surface area contributed by atoms with Gasteiger partial charge in [0.15, 0.2) is 5.82 Å². The fraction of sp³-hybridized carbons (Fsp3) is 0.346. The number of hydrogen-bond acceptors (Lipinski definition) is 7. The summed E-state index contributed by atoms with van der Waals surface area (Å²) in [6.07, 6.45) is 5.80. The van der Waals surface area contributed by atoms with Gasteiger partial charge < -0.3 is 4.90 Å². The third-order valence-electron chi connectivity index (χ3n) is 6.86. The second-order valence-electron chi connectivity index (χ2n) is 9.56. The number of hydrogen-bond donors (Lipinski definition) is 1. The number of piperidine rings is 1. The van der Waals surface area contributed by atoms with Gasteiger partial charge in [-0.3, -0.25) is 10.00 Å². The fourth-order valence-electron chi connectivity index (χ4n) is 5.15. The second-order valence-corrected chi connectivity index (χ2v) is 10.4. The Bertz CT molecular complexity index is 1320. The molecule has 0 radical (unpaired) electrons. The quantitative estimate of drug-likeness (QED) is 0.375. The molecule has 35 heavy (non-hydrogen) atoms. The molecule has 4 aromatic heterocycles.